The third-order valence-corrected chi connectivity index (χ3v) is 5.33. The molecule has 0 aliphatic carbocycles. The number of ether oxygens (including phenoxy) is 2. The molecule has 1 amide bonds. The summed E-state index contributed by atoms with van der Waals surface area (Å²) in [7, 11) is 1.66. The van der Waals surface area contributed by atoms with Gasteiger partial charge in [-0.25, -0.2) is 0 Å². The first-order chi connectivity index (χ1) is 13.0. The van der Waals surface area contributed by atoms with Crippen LogP contribution in [0.3, 0.4) is 0 Å². The van der Waals surface area contributed by atoms with Crippen molar-refractivity contribution in [1.29, 1.82) is 0 Å². The molecule has 7 nitrogen and oxygen atoms in total. The summed E-state index contributed by atoms with van der Waals surface area (Å²) < 4.78 is 10.8. The van der Waals surface area contributed by atoms with Crippen molar-refractivity contribution >= 4 is 5.91 Å². The van der Waals surface area contributed by atoms with E-state index < -0.39 is 17.4 Å². The highest BCUT2D eigenvalue weighted by atomic mass is 16.5. The first kappa shape index (κ1) is 21.6. The van der Waals surface area contributed by atoms with Crippen LogP contribution in [0.5, 0.6) is 5.75 Å². The van der Waals surface area contributed by atoms with Crippen LogP contribution < -0.4 is 10.5 Å². The smallest absolute Gasteiger partial charge is 0.248 e. The molecular formula is C20H32N2O5. The molecule has 0 unspecified atom stereocenters. The van der Waals surface area contributed by atoms with Crippen LogP contribution in [-0.2, 0) is 4.74 Å². The zero-order chi connectivity index (χ0) is 19.7. The molecule has 1 aromatic rings. The fourth-order valence-corrected chi connectivity index (χ4v) is 3.67. The van der Waals surface area contributed by atoms with Crippen molar-refractivity contribution in [3.63, 3.8) is 0 Å². The van der Waals surface area contributed by atoms with Crippen LogP contribution in [0.15, 0.2) is 24.3 Å². The van der Waals surface area contributed by atoms with Gasteiger partial charge in [0.05, 0.1) is 19.3 Å². The Morgan fingerprint density at radius 1 is 1.30 bits per heavy atom. The highest BCUT2D eigenvalue weighted by Gasteiger charge is 2.41. The zero-order valence-electron chi connectivity index (χ0n) is 16.1. The van der Waals surface area contributed by atoms with E-state index in [1.54, 1.807) is 31.4 Å². The van der Waals surface area contributed by atoms with Crippen LogP contribution >= 0.6 is 0 Å². The van der Waals surface area contributed by atoms with Gasteiger partial charge in [0.1, 0.15) is 5.75 Å². The van der Waals surface area contributed by atoms with Crippen LogP contribution in [0.1, 0.15) is 36.0 Å². The molecule has 1 saturated heterocycles. The van der Waals surface area contributed by atoms with E-state index in [0.717, 1.165) is 32.4 Å². The van der Waals surface area contributed by atoms with E-state index >= 15 is 0 Å². The lowest BCUT2D eigenvalue weighted by atomic mass is 9.74. The number of primary amides is 1. The van der Waals surface area contributed by atoms with Gasteiger partial charge in [0, 0.05) is 44.3 Å². The largest absolute Gasteiger partial charge is 0.494 e. The van der Waals surface area contributed by atoms with Crippen molar-refractivity contribution in [3.05, 3.63) is 29.8 Å². The lowest BCUT2D eigenvalue weighted by molar-refractivity contribution is -0.0828. The fourth-order valence-electron chi connectivity index (χ4n) is 3.67. The van der Waals surface area contributed by atoms with Gasteiger partial charge < -0.3 is 30.3 Å². The quantitative estimate of drug-likeness (QED) is 0.495. The number of rotatable bonds is 11. The number of carbonyl (C=O) groups is 1. The summed E-state index contributed by atoms with van der Waals surface area (Å²) in [6.07, 6.45) is 2.61. The van der Waals surface area contributed by atoms with Crippen LogP contribution in [0.2, 0.25) is 0 Å². The molecule has 1 fully saturated rings. The Balaban J connectivity index is 1.77. The molecule has 1 aliphatic rings. The SMILES string of the molecule is COCCC[C@@]1(CO)CN(CCCOc2ccc(C(N)=O)cc2)CC[C@H]1O. The maximum absolute atomic E-state index is 11.1. The molecule has 4 N–H and O–H groups in total. The van der Waals surface area contributed by atoms with E-state index in [1.807, 2.05) is 0 Å². The second-order valence-electron chi connectivity index (χ2n) is 7.29. The lowest BCUT2D eigenvalue weighted by Gasteiger charge is -2.45. The van der Waals surface area contributed by atoms with Gasteiger partial charge in [-0.2, -0.15) is 0 Å². The molecule has 0 spiro atoms. The van der Waals surface area contributed by atoms with Gasteiger partial charge in [-0.15, -0.1) is 0 Å². The summed E-state index contributed by atoms with van der Waals surface area (Å²) in [5, 5.41) is 20.4. The van der Waals surface area contributed by atoms with E-state index in [4.69, 9.17) is 15.2 Å². The third-order valence-electron chi connectivity index (χ3n) is 5.33. The summed E-state index contributed by atoms with van der Waals surface area (Å²) in [4.78, 5) is 13.4. The monoisotopic (exact) mass is 380 g/mol. The maximum atomic E-state index is 11.1. The van der Waals surface area contributed by atoms with Gasteiger partial charge in [-0.1, -0.05) is 0 Å². The summed E-state index contributed by atoms with van der Waals surface area (Å²) in [6.45, 7) is 3.53. The van der Waals surface area contributed by atoms with Gasteiger partial charge in [0.25, 0.3) is 0 Å². The normalized spacial score (nSPS) is 23.3. The Bertz CT molecular complexity index is 580. The highest BCUT2D eigenvalue weighted by Crippen LogP contribution is 2.34. The molecule has 0 radical (unpaired) electrons. The summed E-state index contributed by atoms with van der Waals surface area (Å²) in [5.74, 6) is 0.255. The Morgan fingerprint density at radius 3 is 2.67 bits per heavy atom. The number of hydrogen-bond donors (Lipinski definition) is 3. The third kappa shape index (κ3) is 6.17. The maximum Gasteiger partial charge on any atom is 0.248 e. The molecule has 1 aromatic carbocycles. The van der Waals surface area contributed by atoms with E-state index in [0.29, 0.717) is 37.5 Å². The fraction of sp³-hybridized carbons (Fsp3) is 0.650. The summed E-state index contributed by atoms with van der Waals surface area (Å²) >= 11 is 0. The number of aliphatic hydroxyl groups is 2. The number of hydrogen-bond acceptors (Lipinski definition) is 6. The Labute approximate surface area is 161 Å². The Morgan fingerprint density at radius 2 is 2.04 bits per heavy atom. The van der Waals surface area contributed by atoms with Gasteiger partial charge in [-0.05, 0) is 49.9 Å². The average molecular weight is 380 g/mol. The van der Waals surface area contributed by atoms with Gasteiger partial charge in [0.15, 0.2) is 0 Å². The minimum absolute atomic E-state index is 0.0168. The van der Waals surface area contributed by atoms with Crippen LogP contribution in [0, 0.1) is 5.41 Å². The van der Waals surface area contributed by atoms with E-state index in [1.165, 1.54) is 0 Å². The Kier molecular flexibility index (Phi) is 8.50. The van der Waals surface area contributed by atoms with Crippen molar-refractivity contribution in [1.82, 2.24) is 4.90 Å². The molecule has 0 bridgehead atoms. The van der Waals surface area contributed by atoms with Crippen molar-refractivity contribution in [2.24, 2.45) is 11.1 Å². The van der Waals surface area contributed by atoms with E-state index in [-0.39, 0.29) is 6.61 Å². The molecule has 2 rings (SSSR count). The van der Waals surface area contributed by atoms with Crippen LogP contribution in [0.4, 0.5) is 0 Å². The number of carbonyl (C=O) groups excluding carboxylic acids is 1. The molecular weight excluding hydrogens is 348 g/mol. The minimum atomic E-state index is -0.476. The Hall–Kier alpha value is -1.67. The number of likely N-dealkylation sites (tertiary alicyclic amines) is 1. The van der Waals surface area contributed by atoms with Gasteiger partial charge in [-0.3, -0.25) is 4.79 Å². The van der Waals surface area contributed by atoms with E-state index in [9.17, 15) is 15.0 Å². The van der Waals surface area contributed by atoms with Crippen LogP contribution in [0.25, 0.3) is 0 Å². The van der Waals surface area contributed by atoms with Gasteiger partial charge in [0.2, 0.25) is 5.91 Å². The number of benzene rings is 1. The average Bonchev–Trinajstić information content (AvgIpc) is 2.68. The molecule has 2 atom stereocenters. The number of piperidine rings is 1. The number of nitrogens with zero attached hydrogens (tertiary/aromatic N) is 1. The standard InChI is InChI=1S/C20H32N2O5/c1-26-12-2-9-20(15-23)14-22(11-8-18(20)24)10-3-13-27-17-6-4-16(5-7-17)19(21)25/h4-7,18,23-24H,2-3,8-15H2,1H3,(H2,21,25)/t18-,20+/m1/s1. The molecule has 1 aliphatic heterocycles. The van der Waals surface area contributed by atoms with Crippen molar-refractivity contribution in [2.75, 3.05) is 46.6 Å². The number of amides is 1. The highest BCUT2D eigenvalue weighted by molar-refractivity contribution is 5.92. The molecule has 7 heteroatoms. The molecule has 0 saturated carbocycles. The molecule has 0 aromatic heterocycles. The van der Waals surface area contributed by atoms with E-state index in [2.05, 4.69) is 4.90 Å². The predicted octanol–water partition coefficient (Wildman–Crippen LogP) is 1.03. The van der Waals surface area contributed by atoms with Crippen molar-refractivity contribution in [3.8, 4) is 5.75 Å². The van der Waals surface area contributed by atoms with Gasteiger partial charge >= 0.3 is 0 Å². The predicted molar refractivity (Wildman–Crippen MR) is 103 cm³/mol. The lowest BCUT2D eigenvalue weighted by Crippen LogP contribution is -2.54. The number of nitrogens with two attached hydrogens (primary N) is 1. The minimum Gasteiger partial charge on any atom is -0.494 e. The first-order valence-corrected chi connectivity index (χ1v) is 9.53. The first-order valence-electron chi connectivity index (χ1n) is 9.53. The number of methoxy groups -OCH3 is 1. The molecule has 27 heavy (non-hydrogen) atoms. The van der Waals surface area contributed by atoms with Crippen LogP contribution in [-0.4, -0.2) is 73.7 Å². The molecule has 152 valence electrons. The second-order valence-corrected chi connectivity index (χ2v) is 7.29. The summed E-state index contributed by atoms with van der Waals surface area (Å²) in [6, 6.07) is 6.78. The van der Waals surface area contributed by atoms with Crippen molar-refractivity contribution in [2.45, 2.75) is 31.8 Å². The van der Waals surface area contributed by atoms with Crippen molar-refractivity contribution < 1.29 is 24.5 Å². The second kappa shape index (κ2) is 10.6. The topological polar surface area (TPSA) is 105 Å². The zero-order valence-corrected chi connectivity index (χ0v) is 16.1. The summed E-state index contributed by atoms with van der Waals surface area (Å²) in [5.41, 5.74) is 5.21. The molecule has 1 heterocycles. The number of aliphatic hydroxyl groups excluding tert-OH is 2.